The van der Waals surface area contributed by atoms with E-state index in [1.54, 1.807) is 12.3 Å². The van der Waals surface area contributed by atoms with Gasteiger partial charge in [0.2, 0.25) is 0 Å². The standard InChI is InChI=1S/C10H6AsCl3N2/c12-7-3-6(4-8(13)5-7)11-9-1-2-15-10(14)16-9/h1-5,11H. The van der Waals surface area contributed by atoms with Gasteiger partial charge in [0.25, 0.3) is 0 Å². The van der Waals surface area contributed by atoms with Gasteiger partial charge in [-0.2, -0.15) is 0 Å². The summed E-state index contributed by atoms with van der Waals surface area (Å²) in [5, 5.41) is 1.56. The van der Waals surface area contributed by atoms with E-state index in [2.05, 4.69) is 9.97 Å². The van der Waals surface area contributed by atoms with E-state index >= 15 is 0 Å². The molecule has 2 aromatic rings. The van der Waals surface area contributed by atoms with Crippen LogP contribution in [0.25, 0.3) is 0 Å². The molecule has 0 amide bonds. The normalized spacial score (nSPS) is 11.2. The van der Waals surface area contributed by atoms with Crippen LogP contribution >= 0.6 is 34.8 Å². The van der Waals surface area contributed by atoms with E-state index in [1.807, 2.05) is 18.2 Å². The summed E-state index contributed by atoms with van der Waals surface area (Å²) in [6.07, 6.45) is 1.65. The van der Waals surface area contributed by atoms with E-state index in [1.165, 1.54) is 0 Å². The molecule has 1 atom stereocenters. The average Bonchev–Trinajstić information content (AvgIpc) is 2.15. The Balaban J connectivity index is 2.27. The monoisotopic (exact) mass is 334 g/mol. The van der Waals surface area contributed by atoms with Gasteiger partial charge in [0.05, 0.1) is 0 Å². The predicted molar refractivity (Wildman–Crippen MR) is 69.9 cm³/mol. The Morgan fingerprint density at radius 2 is 1.69 bits per heavy atom. The molecule has 0 fully saturated rings. The van der Waals surface area contributed by atoms with Gasteiger partial charge in [0.15, 0.2) is 0 Å². The van der Waals surface area contributed by atoms with Gasteiger partial charge in [-0.1, -0.05) is 0 Å². The Bertz CT molecular complexity index is 499. The van der Waals surface area contributed by atoms with Crippen LogP contribution in [0.3, 0.4) is 0 Å². The van der Waals surface area contributed by atoms with Gasteiger partial charge in [0.1, 0.15) is 0 Å². The molecule has 0 spiro atoms. The second-order valence-electron chi connectivity index (χ2n) is 2.99. The maximum absolute atomic E-state index is 5.92. The molecule has 1 heterocycles. The first-order valence-electron chi connectivity index (χ1n) is 4.35. The van der Waals surface area contributed by atoms with Crippen molar-refractivity contribution in [3.63, 3.8) is 0 Å². The van der Waals surface area contributed by atoms with Gasteiger partial charge in [-0.25, -0.2) is 0 Å². The van der Waals surface area contributed by atoms with Crippen molar-refractivity contribution in [1.29, 1.82) is 0 Å². The van der Waals surface area contributed by atoms with Crippen LogP contribution in [0.1, 0.15) is 0 Å². The molecule has 0 bridgehead atoms. The molecule has 0 saturated heterocycles. The van der Waals surface area contributed by atoms with Crippen molar-refractivity contribution in [3.05, 3.63) is 45.8 Å². The Kier molecular flexibility index (Phi) is 4.09. The van der Waals surface area contributed by atoms with Crippen molar-refractivity contribution in [2.24, 2.45) is 0 Å². The van der Waals surface area contributed by atoms with Gasteiger partial charge in [-0.15, -0.1) is 0 Å². The van der Waals surface area contributed by atoms with Crippen LogP contribution in [-0.2, 0) is 0 Å². The number of aromatic nitrogens is 2. The van der Waals surface area contributed by atoms with Crippen molar-refractivity contribution in [1.82, 2.24) is 9.97 Å². The SMILES string of the molecule is Clc1cc(Cl)cc([AsH]c2ccnc(Cl)n2)c1. The number of benzene rings is 1. The third-order valence-electron chi connectivity index (χ3n) is 1.76. The molecular formula is C10H6AsCl3N2. The first-order valence-corrected chi connectivity index (χ1v) is 7.58. The molecule has 0 aliphatic rings. The summed E-state index contributed by atoms with van der Waals surface area (Å²) in [7, 11) is 0. The quantitative estimate of drug-likeness (QED) is 0.618. The van der Waals surface area contributed by atoms with Gasteiger partial charge in [0, 0.05) is 0 Å². The van der Waals surface area contributed by atoms with Gasteiger partial charge in [-0.05, 0) is 0 Å². The Hall–Kier alpha value is -0.272. The van der Waals surface area contributed by atoms with E-state index in [4.69, 9.17) is 34.8 Å². The number of rotatable bonds is 2. The topological polar surface area (TPSA) is 25.8 Å². The minimum absolute atomic E-state index is 0.273. The van der Waals surface area contributed by atoms with Crippen LogP contribution in [0.2, 0.25) is 15.3 Å². The zero-order valence-electron chi connectivity index (χ0n) is 7.92. The van der Waals surface area contributed by atoms with Gasteiger partial charge < -0.3 is 0 Å². The summed E-state index contributed by atoms with van der Waals surface area (Å²) in [6.45, 7) is 0. The number of hydrogen-bond acceptors (Lipinski definition) is 2. The molecule has 1 aromatic carbocycles. The Morgan fingerprint density at radius 3 is 2.31 bits per heavy atom. The van der Waals surface area contributed by atoms with Crippen LogP contribution in [-0.4, -0.2) is 25.7 Å². The van der Waals surface area contributed by atoms with Crippen molar-refractivity contribution in [2.75, 3.05) is 0 Å². The average molecular weight is 335 g/mol. The summed E-state index contributed by atoms with van der Waals surface area (Å²) in [4.78, 5) is 7.99. The van der Waals surface area contributed by atoms with Crippen LogP contribution in [0.4, 0.5) is 0 Å². The van der Waals surface area contributed by atoms with Gasteiger partial charge in [-0.3, -0.25) is 0 Å². The Labute approximate surface area is 115 Å². The van der Waals surface area contributed by atoms with Crippen LogP contribution in [0.15, 0.2) is 30.5 Å². The molecular weight excluding hydrogens is 329 g/mol. The van der Waals surface area contributed by atoms with Crippen LogP contribution in [0.5, 0.6) is 0 Å². The van der Waals surface area contributed by atoms with Crippen molar-refractivity contribution < 1.29 is 0 Å². The first kappa shape index (κ1) is 12.2. The summed E-state index contributed by atoms with van der Waals surface area (Å²) in [5.41, 5.74) is 0. The molecule has 1 aromatic heterocycles. The fraction of sp³-hybridized carbons (Fsp3) is 0. The summed E-state index contributed by atoms with van der Waals surface area (Å²) >= 11 is 17.0. The van der Waals surface area contributed by atoms with Crippen LogP contribution < -0.4 is 8.83 Å². The molecule has 6 heteroatoms. The number of hydrogen-bond donors (Lipinski definition) is 0. The summed E-state index contributed by atoms with van der Waals surface area (Å²) in [6, 6.07) is 7.39. The molecule has 0 N–H and O–H groups in total. The Morgan fingerprint density at radius 1 is 1.00 bits per heavy atom. The second-order valence-corrected chi connectivity index (χ2v) is 7.02. The fourth-order valence-electron chi connectivity index (χ4n) is 1.18. The predicted octanol–water partition coefficient (Wildman–Crippen LogP) is 1.82. The summed E-state index contributed by atoms with van der Waals surface area (Å²) < 4.78 is 2.07. The molecule has 2 nitrogen and oxygen atoms in total. The minimum atomic E-state index is -0.570. The number of nitrogens with zero attached hydrogens (tertiary/aromatic N) is 2. The van der Waals surface area contributed by atoms with Crippen molar-refractivity contribution >= 4 is 59.4 Å². The van der Waals surface area contributed by atoms with Crippen molar-refractivity contribution in [2.45, 2.75) is 0 Å². The fourth-order valence-corrected chi connectivity index (χ4v) is 4.63. The van der Waals surface area contributed by atoms with E-state index in [0.717, 1.165) is 8.83 Å². The molecule has 1 unspecified atom stereocenters. The zero-order valence-corrected chi connectivity index (χ0v) is 12.3. The van der Waals surface area contributed by atoms with E-state index in [-0.39, 0.29) is 5.28 Å². The molecule has 0 saturated carbocycles. The van der Waals surface area contributed by atoms with Crippen molar-refractivity contribution in [3.8, 4) is 0 Å². The molecule has 2 rings (SSSR count). The number of halogens is 3. The molecule has 0 radical (unpaired) electrons. The third-order valence-corrected chi connectivity index (χ3v) is 4.71. The first-order chi connectivity index (χ1) is 7.63. The van der Waals surface area contributed by atoms with Gasteiger partial charge >= 0.3 is 115 Å². The maximum atomic E-state index is 5.92. The van der Waals surface area contributed by atoms with Crippen LogP contribution in [0, 0.1) is 0 Å². The van der Waals surface area contributed by atoms with E-state index in [0.29, 0.717) is 10.0 Å². The summed E-state index contributed by atoms with van der Waals surface area (Å²) in [5.74, 6) is 0. The zero-order chi connectivity index (χ0) is 11.5. The molecule has 82 valence electrons. The molecule has 0 aliphatic heterocycles. The molecule has 16 heavy (non-hydrogen) atoms. The third kappa shape index (κ3) is 3.36. The second kappa shape index (κ2) is 5.37. The molecule has 0 aliphatic carbocycles. The van der Waals surface area contributed by atoms with E-state index < -0.39 is 15.8 Å². The van der Waals surface area contributed by atoms with E-state index in [9.17, 15) is 0 Å².